The molecular weight excluding hydrogens is 368 g/mol. The van der Waals surface area contributed by atoms with Crippen LogP contribution in [0.15, 0.2) is 35.1 Å². The summed E-state index contributed by atoms with van der Waals surface area (Å²) in [7, 11) is 0. The Balaban J connectivity index is 1.52. The van der Waals surface area contributed by atoms with Crippen LogP contribution in [0.3, 0.4) is 0 Å². The van der Waals surface area contributed by atoms with E-state index in [2.05, 4.69) is 33.2 Å². The van der Waals surface area contributed by atoms with E-state index in [1.165, 1.54) is 20.2 Å². The summed E-state index contributed by atoms with van der Waals surface area (Å²) in [5.74, 6) is 0.547. The molecule has 0 saturated carbocycles. The van der Waals surface area contributed by atoms with Gasteiger partial charge in [-0.05, 0) is 37.3 Å². The first-order valence-electron chi connectivity index (χ1n) is 10.2. The molecule has 1 fully saturated rings. The minimum atomic E-state index is -0.311. The van der Waals surface area contributed by atoms with Crippen LogP contribution < -0.4 is 10.6 Å². The summed E-state index contributed by atoms with van der Waals surface area (Å²) in [5.41, 5.74) is 3.61. The second-order valence-electron chi connectivity index (χ2n) is 7.86. The summed E-state index contributed by atoms with van der Waals surface area (Å²) < 4.78 is 2.82. The lowest BCUT2D eigenvalue weighted by Crippen LogP contribution is -2.37. The number of rotatable bonds is 3. The first kappa shape index (κ1) is 17.9. The van der Waals surface area contributed by atoms with Gasteiger partial charge in [-0.1, -0.05) is 24.3 Å². The van der Waals surface area contributed by atoms with Crippen LogP contribution in [-0.4, -0.2) is 49.6 Å². The average Bonchev–Trinajstić information content (AvgIpc) is 3.36. The number of fused-ring (bicyclic) bond motifs is 2. The number of aromatic nitrogens is 4. The van der Waals surface area contributed by atoms with Crippen LogP contribution in [0.5, 0.6) is 0 Å². The lowest BCUT2D eigenvalue weighted by molar-refractivity contribution is -0.131. The fraction of sp³-hybridized carbons (Fsp3) is 0.429. The van der Waals surface area contributed by atoms with Gasteiger partial charge < -0.3 is 9.80 Å². The summed E-state index contributed by atoms with van der Waals surface area (Å²) in [6.45, 7) is 4.89. The van der Waals surface area contributed by atoms with Gasteiger partial charge >= 0.3 is 5.69 Å². The number of carbonyl (C=O) groups is 1. The van der Waals surface area contributed by atoms with Crippen LogP contribution in [0.25, 0.3) is 5.65 Å². The van der Waals surface area contributed by atoms with E-state index in [9.17, 15) is 9.59 Å². The highest BCUT2D eigenvalue weighted by Crippen LogP contribution is 2.23. The van der Waals surface area contributed by atoms with Crippen molar-refractivity contribution in [3.63, 3.8) is 0 Å². The van der Waals surface area contributed by atoms with E-state index >= 15 is 0 Å². The van der Waals surface area contributed by atoms with E-state index in [1.54, 1.807) is 6.07 Å². The maximum absolute atomic E-state index is 13.1. The van der Waals surface area contributed by atoms with Crippen molar-refractivity contribution < 1.29 is 4.79 Å². The molecule has 2 aliphatic rings. The van der Waals surface area contributed by atoms with Crippen molar-refractivity contribution in [2.45, 2.75) is 39.3 Å². The molecule has 5 rings (SSSR count). The van der Waals surface area contributed by atoms with Gasteiger partial charge in [0.15, 0.2) is 5.65 Å². The second kappa shape index (κ2) is 7.02. The molecule has 29 heavy (non-hydrogen) atoms. The molecule has 8 nitrogen and oxygen atoms in total. The van der Waals surface area contributed by atoms with Crippen LogP contribution in [0.1, 0.15) is 29.7 Å². The third-order valence-electron chi connectivity index (χ3n) is 5.84. The maximum Gasteiger partial charge on any atom is 0.353 e. The molecule has 1 aromatic carbocycles. The van der Waals surface area contributed by atoms with Crippen LogP contribution in [0.2, 0.25) is 0 Å². The summed E-state index contributed by atoms with van der Waals surface area (Å²) in [6, 6.07) is 10.2. The average molecular weight is 392 g/mol. The first-order valence-corrected chi connectivity index (χ1v) is 10.2. The third kappa shape index (κ3) is 3.18. The Kier molecular flexibility index (Phi) is 4.34. The molecule has 4 heterocycles. The molecule has 8 heteroatoms. The van der Waals surface area contributed by atoms with Gasteiger partial charge in [0.1, 0.15) is 6.54 Å². The molecule has 2 aliphatic heterocycles. The molecule has 0 spiro atoms. The Morgan fingerprint density at radius 3 is 2.66 bits per heavy atom. The Morgan fingerprint density at radius 2 is 1.86 bits per heavy atom. The zero-order valence-electron chi connectivity index (χ0n) is 16.5. The molecule has 1 amide bonds. The molecule has 0 N–H and O–H groups in total. The fourth-order valence-corrected chi connectivity index (χ4v) is 4.31. The minimum absolute atomic E-state index is 0.0260. The predicted octanol–water partition coefficient (Wildman–Crippen LogP) is 1.38. The topological polar surface area (TPSA) is 75.7 Å². The maximum atomic E-state index is 13.1. The van der Waals surface area contributed by atoms with E-state index in [0.29, 0.717) is 18.1 Å². The molecule has 150 valence electrons. The molecule has 0 aliphatic carbocycles. The van der Waals surface area contributed by atoms with Gasteiger partial charge in [-0.2, -0.15) is 0 Å². The van der Waals surface area contributed by atoms with Gasteiger partial charge in [0.2, 0.25) is 11.9 Å². The number of hydrogen-bond acceptors (Lipinski definition) is 5. The molecule has 3 aromatic rings. The molecule has 0 radical (unpaired) electrons. The van der Waals surface area contributed by atoms with Gasteiger partial charge in [0.25, 0.3) is 0 Å². The van der Waals surface area contributed by atoms with Gasteiger partial charge in [-0.25, -0.2) is 18.9 Å². The number of hydrogen-bond donors (Lipinski definition) is 0. The quantitative estimate of drug-likeness (QED) is 0.673. The molecule has 0 unspecified atom stereocenters. The van der Waals surface area contributed by atoms with Crippen molar-refractivity contribution in [2.24, 2.45) is 0 Å². The molecular formula is C21H24N6O2. The zero-order chi connectivity index (χ0) is 20.0. The lowest BCUT2D eigenvalue weighted by Gasteiger charge is -2.29. The van der Waals surface area contributed by atoms with Crippen LogP contribution in [-0.2, 0) is 24.3 Å². The SMILES string of the molecule is Cc1cc2nn(CC(=O)N3CCCC3)c(=O)n2c(N2CCc3ccccc3C2)n1. The number of amides is 1. The summed E-state index contributed by atoms with van der Waals surface area (Å²) in [6.07, 6.45) is 2.95. The van der Waals surface area contributed by atoms with Crippen molar-refractivity contribution >= 4 is 17.5 Å². The highest BCUT2D eigenvalue weighted by molar-refractivity contribution is 5.76. The standard InChI is InChI=1S/C21H24N6O2/c1-15-12-18-23-26(14-19(28)24-9-4-5-10-24)21(29)27(18)20(22-15)25-11-8-16-6-2-3-7-17(16)13-25/h2-3,6-7,12H,4-5,8-11,13-14H2,1H3. The highest BCUT2D eigenvalue weighted by Gasteiger charge is 2.24. The normalized spacial score (nSPS) is 16.4. The molecule has 0 bridgehead atoms. The van der Waals surface area contributed by atoms with E-state index < -0.39 is 0 Å². The monoisotopic (exact) mass is 392 g/mol. The summed E-state index contributed by atoms with van der Waals surface area (Å²) >= 11 is 0. The Hall–Kier alpha value is -3.16. The van der Waals surface area contributed by atoms with E-state index in [4.69, 9.17) is 0 Å². The lowest BCUT2D eigenvalue weighted by atomic mass is 10.0. The van der Waals surface area contributed by atoms with E-state index in [1.807, 2.05) is 17.9 Å². The van der Waals surface area contributed by atoms with Crippen LogP contribution in [0.4, 0.5) is 5.95 Å². The Bertz CT molecular complexity index is 1140. The molecule has 0 atom stereocenters. The van der Waals surface area contributed by atoms with Crippen molar-refractivity contribution in [1.29, 1.82) is 0 Å². The number of carbonyl (C=O) groups excluding carboxylic acids is 1. The van der Waals surface area contributed by atoms with Crippen molar-refractivity contribution in [3.05, 3.63) is 57.6 Å². The van der Waals surface area contributed by atoms with Gasteiger partial charge in [0.05, 0.1) is 0 Å². The smallest absolute Gasteiger partial charge is 0.341 e. The van der Waals surface area contributed by atoms with Crippen LogP contribution >= 0.6 is 0 Å². The fourth-order valence-electron chi connectivity index (χ4n) is 4.31. The van der Waals surface area contributed by atoms with E-state index in [-0.39, 0.29) is 18.1 Å². The number of anilines is 1. The predicted molar refractivity (Wildman–Crippen MR) is 109 cm³/mol. The van der Waals surface area contributed by atoms with E-state index in [0.717, 1.165) is 44.6 Å². The minimum Gasteiger partial charge on any atom is -0.341 e. The summed E-state index contributed by atoms with van der Waals surface area (Å²) in [5, 5.41) is 4.44. The van der Waals surface area contributed by atoms with Crippen molar-refractivity contribution in [1.82, 2.24) is 24.1 Å². The van der Waals surface area contributed by atoms with Crippen molar-refractivity contribution in [3.8, 4) is 0 Å². The number of aryl methyl sites for hydroxylation is 1. The Labute approximate surface area is 168 Å². The first-order chi connectivity index (χ1) is 14.1. The van der Waals surface area contributed by atoms with Gasteiger partial charge in [0, 0.05) is 37.9 Å². The zero-order valence-corrected chi connectivity index (χ0v) is 16.5. The van der Waals surface area contributed by atoms with Crippen molar-refractivity contribution in [2.75, 3.05) is 24.5 Å². The molecule has 2 aromatic heterocycles. The Morgan fingerprint density at radius 1 is 1.10 bits per heavy atom. The van der Waals surface area contributed by atoms with Gasteiger partial charge in [-0.15, -0.1) is 5.10 Å². The third-order valence-corrected chi connectivity index (χ3v) is 5.84. The number of likely N-dealkylation sites (tertiary alicyclic amines) is 1. The number of benzene rings is 1. The van der Waals surface area contributed by atoms with Crippen LogP contribution in [0, 0.1) is 6.92 Å². The second-order valence-corrected chi connectivity index (χ2v) is 7.86. The summed E-state index contributed by atoms with van der Waals surface area (Å²) in [4.78, 5) is 34.3. The number of nitrogens with zero attached hydrogens (tertiary/aromatic N) is 6. The van der Waals surface area contributed by atoms with Gasteiger partial charge in [-0.3, -0.25) is 4.79 Å². The largest absolute Gasteiger partial charge is 0.353 e. The highest BCUT2D eigenvalue weighted by atomic mass is 16.2. The molecule has 1 saturated heterocycles.